The lowest BCUT2D eigenvalue weighted by molar-refractivity contribution is 0.0692. The Morgan fingerprint density at radius 1 is 1.23 bits per heavy atom. The van der Waals surface area contributed by atoms with Crippen LogP contribution < -0.4 is 9.47 Å². The van der Waals surface area contributed by atoms with Crippen molar-refractivity contribution in [3.8, 4) is 11.5 Å². The van der Waals surface area contributed by atoms with Gasteiger partial charge in [-0.05, 0) is 43.7 Å². The molecule has 0 spiro atoms. The van der Waals surface area contributed by atoms with Gasteiger partial charge < -0.3 is 23.6 Å². The first-order valence-electron chi connectivity index (χ1n) is 10.6. The number of hydrogen-bond donors (Lipinski definition) is 0. The summed E-state index contributed by atoms with van der Waals surface area (Å²) < 4.78 is 21.8. The van der Waals surface area contributed by atoms with Crippen LogP contribution in [0.4, 0.5) is 0 Å². The molecule has 2 fully saturated rings. The molecule has 2 heterocycles. The fourth-order valence-corrected chi connectivity index (χ4v) is 3.74. The Kier molecular flexibility index (Phi) is 6.52. The maximum absolute atomic E-state index is 13.1. The van der Waals surface area contributed by atoms with Gasteiger partial charge in [-0.15, -0.1) is 0 Å². The molecule has 1 aromatic heterocycles. The predicted octanol–water partition coefficient (Wildman–Crippen LogP) is 3.08. The number of ether oxygens (including phenoxy) is 3. The highest BCUT2D eigenvalue weighted by Gasteiger charge is 2.30. The van der Waals surface area contributed by atoms with Gasteiger partial charge in [0.2, 0.25) is 5.89 Å². The summed E-state index contributed by atoms with van der Waals surface area (Å²) in [6.45, 7) is 2.69. The number of aromatic nitrogens is 2. The van der Waals surface area contributed by atoms with Crippen LogP contribution in [-0.2, 0) is 11.2 Å². The van der Waals surface area contributed by atoms with Crippen LogP contribution in [0.2, 0.25) is 0 Å². The SMILES string of the molecule is COc1ccc(C(=O)N2CCCC(c3nc(CCOCC4CC4)no3)C2)c(OC)c1. The maximum Gasteiger partial charge on any atom is 0.257 e. The quantitative estimate of drug-likeness (QED) is 0.582. The molecule has 8 heteroatoms. The third-order valence-corrected chi connectivity index (χ3v) is 5.70. The molecule has 1 aliphatic heterocycles. The smallest absolute Gasteiger partial charge is 0.257 e. The van der Waals surface area contributed by atoms with E-state index in [-0.39, 0.29) is 11.8 Å². The highest BCUT2D eigenvalue weighted by Crippen LogP contribution is 2.31. The van der Waals surface area contributed by atoms with Crippen LogP contribution in [0.15, 0.2) is 22.7 Å². The monoisotopic (exact) mass is 415 g/mol. The highest BCUT2D eigenvalue weighted by molar-refractivity contribution is 5.97. The van der Waals surface area contributed by atoms with Crippen molar-refractivity contribution >= 4 is 5.91 Å². The van der Waals surface area contributed by atoms with E-state index in [1.165, 1.54) is 12.8 Å². The Morgan fingerprint density at radius 3 is 2.87 bits per heavy atom. The Balaban J connectivity index is 1.36. The van der Waals surface area contributed by atoms with Crippen molar-refractivity contribution in [1.29, 1.82) is 0 Å². The van der Waals surface area contributed by atoms with Crippen molar-refractivity contribution in [3.05, 3.63) is 35.5 Å². The number of rotatable bonds is 9. The Bertz CT molecular complexity index is 864. The minimum Gasteiger partial charge on any atom is -0.497 e. The van der Waals surface area contributed by atoms with E-state index in [0.717, 1.165) is 25.4 Å². The van der Waals surface area contributed by atoms with Crippen LogP contribution in [0.5, 0.6) is 11.5 Å². The second kappa shape index (κ2) is 9.47. The van der Waals surface area contributed by atoms with Gasteiger partial charge in [0.15, 0.2) is 5.82 Å². The summed E-state index contributed by atoms with van der Waals surface area (Å²) in [7, 11) is 3.14. The molecule has 0 radical (unpaired) electrons. The number of methoxy groups -OCH3 is 2. The van der Waals surface area contributed by atoms with Gasteiger partial charge >= 0.3 is 0 Å². The first-order valence-corrected chi connectivity index (χ1v) is 10.6. The summed E-state index contributed by atoms with van der Waals surface area (Å²) in [6, 6.07) is 5.24. The molecule has 8 nitrogen and oxygen atoms in total. The van der Waals surface area contributed by atoms with Gasteiger partial charge in [-0.2, -0.15) is 4.98 Å². The molecule has 1 aromatic carbocycles. The summed E-state index contributed by atoms with van der Waals surface area (Å²) in [5.41, 5.74) is 0.526. The van der Waals surface area contributed by atoms with Gasteiger partial charge in [-0.1, -0.05) is 5.16 Å². The van der Waals surface area contributed by atoms with Gasteiger partial charge in [0, 0.05) is 32.2 Å². The fourth-order valence-electron chi connectivity index (χ4n) is 3.74. The number of piperidine rings is 1. The molecule has 1 unspecified atom stereocenters. The molecule has 1 saturated carbocycles. The van der Waals surface area contributed by atoms with Crippen molar-refractivity contribution in [2.75, 3.05) is 40.5 Å². The molecule has 1 amide bonds. The third-order valence-electron chi connectivity index (χ3n) is 5.70. The molecule has 4 rings (SSSR count). The largest absolute Gasteiger partial charge is 0.497 e. The molecular formula is C22H29N3O5. The molecule has 162 valence electrons. The Morgan fingerprint density at radius 2 is 2.10 bits per heavy atom. The van der Waals surface area contributed by atoms with E-state index in [1.807, 2.05) is 4.90 Å². The van der Waals surface area contributed by atoms with E-state index in [1.54, 1.807) is 32.4 Å². The minimum absolute atomic E-state index is 0.0422. The van der Waals surface area contributed by atoms with Crippen LogP contribution in [-0.4, -0.2) is 61.5 Å². The first kappa shape index (κ1) is 20.7. The topological polar surface area (TPSA) is 86.9 Å². The van der Waals surface area contributed by atoms with Crippen LogP contribution in [0.1, 0.15) is 53.7 Å². The molecule has 0 N–H and O–H groups in total. The van der Waals surface area contributed by atoms with E-state index in [0.29, 0.717) is 54.9 Å². The number of amides is 1. The summed E-state index contributed by atoms with van der Waals surface area (Å²) in [6.07, 6.45) is 5.02. The van der Waals surface area contributed by atoms with E-state index in [4.69, 9.17) is 18.7 Å². The predicted molar refractivity (Wildman–Crippen MR) is 109 cm³/mol. The average molecular weight is 415 g/mol. The molecule has 1 saturated heterocycles. The second-order valence-corrected chi connectivity index (χ2v) is 7.97. The van der Waals surface area contributed by atoms with Crippen LogP contribution in [0.25, 0.3) is 0 Å². The van der Waals surface area contributed by atoms with Crippen molar-refractivity contribution in [2.45, 2.75) is 38.0 Å². The average Bonchev–Trinajstić information content (AvgIpc) is 3.50. The molecule has 2 aliphatic rings. The van der Waals surface area contributed by atoms with E-state index in [9.17, 15) is 4.79 Å². The summed E-state index contributed by atoms with van der Waals surface area (Å²) >= 11 is 0. The molecule has 1 atom stereocenters. The molecular weight excluding hydrogens is 386 g/mol. The fraction of sp³-hybridized carbons (Fsp3) is 0.591. The van der Waals surface area contributed by atoms with E-state index >= 15 is 0 Å². The van der Waals surface area contributed by atoms with Crippen molar-refractivity contribution < 1.29 is 23.5 Å². The zero-order chi connectivity index (χ0) is 20.9. The van der Waals surface area contributed by atoms with E-state index in [2.05, 4.69) is 10.1 Å². The van der Waals surface area contributed by atoms with Crippen LogP contribution >= 0.6 is 0 Å². The minimum atomic E-state index is -0.0626. The third kappa shape index (κ3) is 4.92. The highest BCUT2D eigenvalue weighted by atomic mass is 16.5. The number of hydrogen-bond acceptors (Lipinski definition) is 7. The van der Waals surface area contributed by atoms with Crippen LogP contribution in [0.3, 0.4) is 0 Å². The van der Waals surface area contributed by atoms with Gasteiger partial charge in [0.05, 0.1) is 32.3 Å². The number of benzene rings is 1. The number of likely N-dealkylation sites (tertiary alicyclic amines) is 1. The molecule has 30 heavy (non-hydrogen) atoms. The number of carbonyl (C=O) groups excluding carboxylic acids is 1. The maximum atomic E-state index is 13.1. The lowest BCUT2D eigenvalue weighted by Gasteiger charge is -2.31. The standard InChI is InChI=1S/C22H29N3O5/c1-27-17-7-8-18(19(12-17)28-2)22(26)25-10-3-4-16(13-25)21-23-20(24-30-21)9-11-29-14-15-5-6-15/h7-8,12,15-16H,3-6,9-11,13-14H2,1-2H3. The lowest BCUT2D eigenvalue weighted by Crippen LogP contribution is -2.39. The molecule has 1 aliphatic carbocycles. The number of carbonyl (C=O) groups is 1. The lowest BCUT2D eigenvalue weighted by atomic mass is 9.97. The molecule has 2 aromatic rings. The van der Waals surface area contributed by atoms with E-state index < -0.39 is 0 Å². The Hall–Kier alpha value is -2.61. The van der Waals surface area contributed by atoms with Crippen molar-refractivity contribution in [1.82, 2.24) is 15.0 Å². The van der Waals surface area contributed by atoms with Crippen molar-refractivity contribution in [3.63, 3.8) is 0 Å². The van der Waals surface area contributed by atoms with Crippen LogP contribution in [0, 0.1) is 5.92 Å². The zero-order valence-electron chi connectivity index (χ0n) is 17.6. The summed E-state index contributed by atoms with van der Waals surface area (Å²) in [5.74, 6) is 3.16. The van der Waals surface area contributed by atoms with Crippen molar-refractivity contribution in [2.24, 2.45) is 5.92 Å². The van der Waals surface area contributed by atoms with Gasteiger partial charge in [-0.25, -0.2) is 0 Å². The van der Waals surface area contributed by atoms with Gasteiger partial charge in [0.25, 0.3) is 5.91 Å². The zero-order valence-corrected chi connectivity index (χ0v) is 17.6. The summed E-state index contributed by atoms with van der Waals surface area (Å²) in [4.78, 5) is 19.5. The van der Waals surface area contributed by atoms with Gasteiger partial charge in [-0.3, -0.25) is 4.79 Å². The van der Waals surface area contributed by atoms with Gasteiger partial charge in [0.1, 0.15) is 11.5 Å². The second-order valence-electron chi connectivity index (χ2n) is 7.97. The molecule has 0 bridgehead atoms. The normalized spacial score (nSPS) is 19.0. The first-order chi connectivity index (χ1) is 14.7. The Labute approximate surface area is 176 Å². The summed E-state index contributed by atoms with van der Waals surface area (Å²) in [5, 5.41) is 4.09. The number of nitrogens with zero attached hydrogens (tertiary/aromatic N) is 3.